The number of hydrogen-bond acceptors (Lipinski definition) is 3. The fourth-order valence-corrected chi connectivity index (χ4v) is 0.826. The molecule has 0 aromatic heterocycles. The Hall–Kier alpha value is -1.58. The van der Waals surface area contributed by atoms with Crippen LogP contribution in [0.4, 0.5) is 0 Å². The van der Waals surface area contributed by atoms with Crippen LogP contribution >= 0.6 is 0 Å². The molecule has 16 heavy (non-hydrogen) atoms. The van der Waals surface area contributed by atoms with Gasteiger partial charge in [0.15, 0.2) is 0 Å². The molecule has 4 nitrogen and oxygen atoms in total. The van der Waals surface area contributed by atoms with Crippen molar-refractivity contribution in [2.75, 3.05) is 0 Å². The van der Waals surface area contributed by atoms with E-state index in [9.17, 15) is 9.59 Å². The molecule has 0 radical (unpaired) electrons. The first-order valence-electron chi connectivity index (χ1n) is 5.04. The molecule has 0 atom stereocenters. The summed E-state index contributed by atoms with van der Waals surface area (Å²) in [5, 5.41) is 8.16. The maximum atomic E-state index is 10.5. The Kier molecular flexibility index (Phi) is 5.50. The summed E-state index contributed by atoms with van der Waals surface area (Å²) in [5.41, 5.74) is 0.172. The third-order valence-corrected chi connectivity index (χ3v) is 1.65. The number of aliphatic carboxylic acids is 1. The van der Waals surface area contributed by atoms with Crippen LogP contribution in [0.3, 0.4) is 0 Å². The van der Waals surface area contributed by atoms with Crippen LogP contribution in [0, 0.1) is 0 Å². The molecule has 90 valence electrons. The number of ether oxygens (including phenoxy) is 1. The van der Waals surface area contributed by atoms with E-state index in [4.69, 9.17) is 9.84 Å². The molecule has 0 bridgehead atoms. The van der Waals surface area contributed by atoms with Crippen molar-refractivity contribution in [3.05, 3.63) is 24.3 Å². The van der Waals surface area contributed by atoms with Gasteiger partial charge in [-0.1, -0.05) is 12.7 Å². The molecular formula is C12H18O4. The molecule has 1 rings (SSSR count). The van der Waals surface area contributed by atoms with Gasteiger partial charge in [0.1, 0.15) is 5.60 Å². The van der Waals surface area contributed by atoms with Crippen LogP contribution in [-0.2, 0) is 14.3 Å². The van der Waals surface area contributed by atoms with Crippen molar-refractivity contribution in [1.82, 2.24) is 0 Å². The lowest BCUT2D eigenvalue weighted by Crippen LogP contribution is -2.22. The standard InChI is InChI=1S/C7H12O2.C5H6O2/c1-5-6(8)9-7(2,3)4;6-5(7)4-2-1-3-4/h5H,1H2,2-4H3;2H,1,3H2,(H,6,7). The minimum atomic E-state index is -0.758. The number of esters is 1. The number of carbonyl (C=O) groups excluding carboxylic acids is 1. The van der Waals surface area contributed by atoms with Gasteiger partial charge in [-0.05, 0) is 33.6 Å². The van der Waals surface area contributed by atoms with Gasteiger partial charge >= 0.3 is 11.9 Å². The highest BCUT2D eigenvalue weighted by Crippen LogP contribution is 2.16. The smallest absolute Gasteiger partial charge is 0.331 e. The number of carbonyl (C=O) groups is 2. The average molecular weight is 226 g/mol. The molecule has 0 aliphatic heterocycles. The minimum absolute atomic E-state index is 0.373. The first-order valence-corrected chi connectivity index (χ1v) is 5.04. The first-order chi connectivity index (χ1) is 7.26. The Bertz CT molecular complexity index is 307. The molecule has 0 fully saturated rings. The van der Waals surface area contributed by atoms with E-state index in [1.807, 2.05) is 20.8 Å². The molecule has 0 unspecified atom stereocenters. The molecule has 0 saturated heterocycles. The van der Waals surface area contributed by atoms with Gasteiger partial charge in [0.2, 0.25) is 0 Å². The van der Waals surface area contributed by atoms with Gasteiger partial charge in [0.25, 0.3) is 0 Å². The Morgan fingerprint density at radius 3 is 2.06 bits per heavy atom. The van der Waals surface area contributed by atoms with Crippen molar-refractivity contribution in [3.63, 3.8) is 0 Å². The second kappa shape index (κ2) is 6.10. The van der Waals surface area contributed by atoms with Gasteiger partial charge in [-0.15, -0.1) is 0 Å². The maximum absolute atomic E-state index is 10.5. The predicted octanol–water partition coefficient (Wildman–Crippen LogP) is 2.31. The molecular weight excluding hydrogens is 208 g/mol. The Labute approximate surface area is 95.6 Å². The molecule has 0 spiro atoms. The molecule has 1 aliphatic carbocycles. The van der Waals surface area contributed by atoms with Crippen LogP contribution in [0.2, 0.25) is 0 Å². The quantitative estimate of drug-likeness (QED) is 0.579. The van der Waals surface area contributed by atoms with Crippen molar-refractivity contribution in [2.24, 2.45) is 0 Å². The zero-order valence-electron chi connectivity index (χ0n) is 9.95. The molecule has 0 aromatic rings. The van der Waals surface area contributed by atoms with Crippen molar-refractivity contribution in [1.29, 1.82) is 0 Å². The second-order valence-corrected chi connectivity index (χ2v) is 4.31. The summed E-state index contributed by atoms with van der Waals surface area (Å²) >= 11 is 0. The molecule has 1 aliphatic rings. The summed E-state index contributed by atoms with van der Waals surface area (Å²) in [6.07, 6.45) is 4.60. The van der Waals surface area contributed by atoms with E-state index in [-0.39, 0.29) is 5.97 Å². The molecule has 0 aromatic carbocycles. The van der Waals surface area contributed by atoms with Gasteiger partial charge in [-0.25, -0.2) is 9.59 Å². The topological polar surface area (TPSA) is 63.6 Å². The summed E-state index contributed by atoms with van der Waals surface area (Å²) in [6, 6.07) is 0. The highest BCUT2D eigenvalue weighted by atomic mass is 16.6. The van der Waals surface area contributed by atoms with Crippen LogP contribution in [0.1, 0.15) is 33.6 Å². The largest absolute Gasteiger partial charge is 0.478 e. The number of carboxylic acid groups (broad SMARTS) is 1. The SMILES string of the molecule is C=CC(=O)OC(C)(C)C.O=C(O)C1=CCC1. The third-order valence-electron chi connectivity index (χ3n) is 1.65. The number of hydrogen-bond donors (Lipinski definition) is 1. The van der Waals surface area contributed by atoms with Gasteiger partial charge in [0.05, 0.1) is 0 Å². The zero-order chi connectivity index (χ0) is 12.8. The van der Waals surface area contributed by atoms with E-state index in [0.717, 1.165) is 18.9 Å². The highest BCUT2D eigenvalue weighted by molar-refractivity contribution is 5.87. The van der Waals surface area contributed by atoms with Crippen molar-refractivity contribution < 1.29 is 19.4 Å². The van der Waals surface area contributed by atoms with Crippen LogP contribution < -0.4 is 0 Å². The van der Waals surface area contributed by atoms with E-state index in [0.29, 0.717) is 5.57 Å². The Balaban J connectivity index is 0.000000288. The van der Waals surface area contributed by atoms with Crippen molar-refractivity contribution in [3.8, 4) is 0 Å². The maximum Gasteiger partial charge on any atom is 0.331 e. The van der Waals surface area contributed by atoms with Gasteiger partial charge in [-0.3, -0.25) is 0 Å². The molecule has 0 amide bonds. The Morgan fingerprint density at radius 2 is 2.00 bits per heavy atom. The van der Waals surface area contributed by atoms with Crippen LogP contribution in [0.25, 0.3) is 0 Å². The minimum Gasteiger partial charge on any atom is -0.478 e. The van der Waals surface area contributed by atoms with E-state index in [1.54, 1.807) is 6.08 Å². The molecule has 1 N–H and O–H groups in total. The van der Waals surface area contributed by atoms with E-state index in [1.165, 1.54) is 0 Å². The second-order valence-electron chi connectivity index (χ2n) is 4.31. The summed E-state index contributed by atoms with van der Waals surface area (Å²) in [7, 11) is 0. The van der Waals surface area contributed by atoms with E-state index < -0.39 is 11.6 Å². The molecule has 0 heterocycles. The lowest BCUT2D eigenvalue weighted by atomic mass is 10.00. The third kappa shape index (κ3) is 6.81. The van der Waals surface area contributed by atoms with Gasteiger partial charge in [0, 0.05) is 11.6 Å². The lowest BCUT2D eigenvalue weighted by Gasteiger charge is -2.17. The van der Waals surface area contributed by atoms with Crippen molar-refractivity contribution >= 4 is 11.9 Å². The predicted molar refractivity (Wildman–Crippen MR) is 61.0 cm³/mol. The van der Waals surface area contributed by atoms with E-state index >= 15 is 0 Å². The number of carboxylic acids is 1. The highest BCUT2D eigenvalue weighted by Gasteiger charge is 2.13. The number of allylic oxidation sites excluding steroid dienone is 1. The van der Waals surface area contributed by atoms with E-state index in [2.05, 4.69) is 6.58 Å². The normalized spacial score (nSPS) is 13.6. The zero-order valence-corrected chi connectivity index (χ0v) is 9.95. The monoisotopic (exact) mass is 226 g/mol. The fraction of sp³-hybridized carbons (Fsp3) is 0.500. The van der Waals surface area contributed by atoms with Crippen molar-refractivity contribution in [2.45, 2.75) is 39.2 Å². The summed E-state index contributed by atoms with van der Waals surface area (Å²) < 4.78 is 4.83. The fourth-order valence-electron chi connectivity index (χ4n) is 0.826. The lowest BCUT2D eigenvalue weighted by molar-refractivity contribution is -0.148. The average Bonchev–Trinajstić information content (AvgIpc) is 1.97. The van der Waals surface area contributed by atoms with Crippen LogP contribution in [0.15, 0.2) is 24.3 Å². The van der Waals surface area contributed by atoms with Crippen LogP contribution in [-0.4, -0.2) is 22.6 Å². The van der Waals surface area contributed by atoms with Crippen LogP contribution in [0.5, 0.6) is 0 Å². The summed E-state index contributed by atoms with van der Waals surface area (Å²) in [6.45, 7) is 8.71. The first kappa shape index (κ1) is 14.4. The summed E-state index contributed by atoms with van der Waals surface area (Å²) in [5.74, 6) is -1.13. The molecule has 4 heteroatoms. The van der Waals surface area contributed by atoms with Gasteiger partial charge < -0.3 is 9.84 Å². The summed E-state index contributed by atoms with van der Waals surface area (Å²) in [4.78, 5) is 20.4. The Morgan fingerprint density at radius 1 is 1.50 bits per heavy atom. The van der Waals surface area contributed by atoms with Gasteiger partial charge in [-0.2, -0.15) is 0 Å². The number of rotatable bonds is 2. The molecule has 0 saturated carbocycles.